The predicted octanol–water partition coefficient (Wildman–Crippen LogP) is 5.11. The van der Waals surface area contributed by atoms with E-state index in [9.17, 15) is 15.0 Å². The number of nitrogens with one attached hydrogen (secondary N) is 1. The number of amides is 1. The van der Waals surface area contributed by atoms with Gasteiger partial charge in [0.15, 0.2) is 0 Å². The van der Waals surface area contributed by atoms with E-state index >= 15 is 0 Å². The van der Waals surface area contributed by atoms with Crippen molar-refractivity contribution in [3.8, 4) is 0 Å². The van der Waals surface area contributed by atoms with E-state index in [0.29, 0.717) is 6.42 Å². The SMILES string of the molecule is CCCCCCCCCCCCCCCCCC(O)C(CO)NC(C)=O. The third-order valence-corrected chi connectivity index (χ3v) is 5.15. The molecule has 0 aliphatic heterocycles. The van der Waals surface area contributed by atoms with Crippen molar-refractivity contribution in [3.63, 3.8) is 0 Å². The summed E-state index contributed by atoms with van der Waals surface area (Å²) in [5.74, 6) is -0.209. The van der Waals surface area contributed by atoms with Crippen LogP contribution in [0.3, 0.4) is 0 Å². The van der Waals surface area contributed by atoms with Gasteiger partial charge in [0.25, 0.3) is 0 Å². The molecule has 0 saturated heterocycles. The van der Waals surface area contributed by atoms with Gasteiger partial charge >= 0.3 is 0 Å². The Hall–Kier alpha value is -0.610. The van der Waals surface area contributed by atoms with Crippen molar-refractivity contribution in [1.29, 1.82) is 0 Å². The third-order valence-electron chi connectivity index (χ3n) is 5.15. The summed E-state index contributed by atoms with van der Waals surface area (Å²) in [6.45, 7) is 3.46. The van der Waals surface area contributed by atoms with E-state index in [1.165, 1.54) is 90.4 Å². The van der Waals surface area contributed by atoms with Crippen LogP contribution in [0.15, 0.2) is 0 Å². The molecule has 0 saturated carbocycles. The first-order valence-electron chi connectivity index (χ1n) is 11.2. The van der Waals surface area contributed by atoms with E-state index in [2.05, 4.69) is 12.2 Å². The van der Waals surface area contributed by atoms with Crippen LogP contribution in [0.2, 0.25) is 0 Å². The highest BCUT2D eigenvalue weighted by atomic mass is 16.3. The summed E-state index contributed by atoms with van der Waals surface area (Å²) in [6.07, 6.45) is 19.8. The number of unbranched alkanes of at least 4 members (excludes halogenated alkanes) is 14. The van der Waals surface area contributed by atoms with Gasteiger partial charge in [-0.15, -0.1) is 0 Å². The van der Waals surface area contributed by atoms with Crippen molar-refractivity contribution >= 4 is 5.91 Å². The summed E-state index contributed by atoms with van der Waals surface area (Å²) in [6, 6.07) is -0.529. The quantitative estimate of drug-likeness (QED) is 0.276. The Morgan fingerprint density at radius 2 is 1.15 bits per heavy atom. The highest BCUT2D eigenvalue weighted by Gasteiger charge is 2.18. The number of rotatable bonds is 19. The van der Waals surface area contributed by atoms with Gasteiger partial charge in [-0.2, -0.15) is 0 Å². The fourth-order valence-corrected chi connectivity index (χ4v) is 3.45. The minimum absolute atomic E-state index is 0.209. The molecule has 0 rings (SSSR count). The molecule has 0 aromatic rings. The maximum absolute atomic E-state index is 11.0. The zero-order valence-electron chi connectivity index (χ0n) is 17.5. The summed E-state index contributed by atoms with van der Waals surface area (Å²) in [5, 5.41) is 21.8. The van der Waals surface area contributed by atoms with Gasteiger partial charge in [-0.25, -0.2) is 0 Å². The molecule has 0 radical (unpaired) electrons. The van der Waals surface area contributed by atoms with Crippen molar-refractivity contribution in [2.45, 2.75) is 129 Å². The summed E-state index contributed by atoms with van der Waals surface area (Å²) >= 11 is 0. The topological polar surface area (TPSA) is 69.6 Å². The molecule has 4 heteroatoms. The molecule has 0 aromatic carbocycles. The molecule has 4 nitrogen and oxygen atoms in total. The van der Waals surface area contributed by atoms with E-state index in [4.69, 9.17) is 0 Å². The van der Waals surface area contributed by atoms with Gasteiger partial charge in [0, 0.05) is 6.92 Å². The molecular weight excluding hydrogens is 326 g/mol. The Morgan fingerprint density at radius 3 is 1.50 bits per heavy atom. The summed E-state index contributed by atoms with van der Waals surface area (Å²) < 4.78 is 0. The van der Waals surface area contributed by atoms with Crippen LogP contribution in [0.1, 0.15) is 117 Å². The third kappa shape index (κ3) is 16.8. The molecule has 0 fully saturated rings. The van der Waals surface area contributed by atoms with E-state index in [1.54, 1.807) is 0 Å². The number of carbonyl (C=O) groups excluding carboxylic acids is 1. The van der Waals surface area contributed by atoms with Crippen LogP contribution < -0.4 is 5.32 Å². The second kappa shape index (κ2) is 19.2. The van der Waals surface area contributed by atoms with Gasteiger partial charge in [-0.05, 0) is 6.42 Å². The molecule has 0 aliphatic carbocycles. The highest BCUT2D eigenvalue weighted by molar-refractivity contribution is 5.73. The normalized spacial score (nSPS) is 13.5. The summed E-state index contributed by atoms with van der Waals surface area (Å²) in [4.78, 5) is 11.0. The van der Waals surface area contributed by atoms with Crippen LogP contribution in [-0.2, 0) is 4.79 Å². The summed E-state index contributed by atoms with van der Waals surface area (Å²) in [7, 11) is 0. The average molecular weight is 372 g/mol. The Kier molecular flexibility index (Phi) is 18.7. The lowest BCUT2D eigenvalue weighted by atomic mass is 10.0. The van der Waals surface area contributed by atoms with Gasteiger partial charge in [-0.3, -0.25) is 4.79 Å². The van der Waals surface area contributed by atoms with Crippen molar-refractivity contribution in [3.05, 3.63) is 0 Å². The van der Waals surface area contributed by atoms with Gasteiger partial charge < -0.3 is 15.5 Å². The van der Waals surface area contributed by atoms with E-state index in [0.717, 1.165) is 12.8 Å². The molecule has 156 valence electrons. The Labute approximate surface area is 162 Å². The largest absolute Gasteiger partial charge is 0.394 e. The van der Waals surface area contributed by atoms with Crippen LogP contribution in [0.5, 0.6) is 0 Å². The second-order valence-electron chi connectivity index (χ2n) is 7.80. The molecule has 0 heterocycles. The number of hydrogen-bond donors (Lipinski definition) is 3. The van der Waals surface area contributed by atoms with E-state index < -0.39 is 12.1 Å². The lowest BCUT2D eigenvalue weighted by Crippen LogP contribution is -2.44. The summed E-state index contributed by atoms with van der Waals surface area (Å²) in [5.41, 5.74) is 0. The van der Waals surface area contributed by atoms with Crippen LogP contribution in [0.25, 0.3) is 0 Å². The van der Waals surface area contributed by atoms with E-state index in [-0.39, 0.29) is 12.5 Å². The standard InChI is InChI=1S/C22H45NO3/c1-3-4-5-6-7-8-9-10-11-12-13-14-15-16-17-18-22(26)21(19-24)23-20(2)25/h21-22,24,26H,3-19H2,1-2H3,(H,23,25). The molecule has 0 aliphatic rings. The fourth-order valence-electron chi connectivity index (χ4n) is 3.45. The minimum Gasteiger partial charge on any atom is -0.394 e. The maximum Gasteiger partial charge on any atom is 0.217 e. The first kappa shape index (κ1) is 25.4. The van der Waals surface area contributed by atoms with Crippen LogP contribution in [0, 0.1) is 0 Å². The molecule has 2 atom stereocenters. The molecule has 0 bridgehead atoms. The monoisotopic (exact) mass is 371 g/mol. The van der Waals surface area contributed by atoms with Crippen LogP contribution in [0.4, 0.5) is 0 Å². The zero-order chi connectivity index (χ0) is 19.5. The zero-order valence-corrected chi connectivity index (χ0v) is 17.5. The minimum atomic E-state index is -0.647. The lowest BCUT2D eigenvalue weighted by Gasteiger charge is -2.21. The van der Waals surface area contributed by atoms with Crippen LogP contribution >= 0.6 is 0 Å². The Morgan fingerprint density at radius 1 is 0.769 bits per heavy atom. The second-order valence-corrected chi connectivity index (χ2v) is 7.80. The van der Waals surface area contributed by atoms with Crippen molar-refractivity contribution in [1.82, 2.24) is 5.32 Å². The average Bonchev–Trinajstić information content (AvgIpc) is 2.62. The first-order chi connectivity index (χ1) is 12.6. The maximum atomic E-state index is 11.0. The molecule has 2 unspecified atom stereocenters. The van der Waals surface area contributed by atoms with Gasteiger partial charge in [0.2, 0.25) is 5.91 Å². The number of carbonyl (C=O) groups is 1. The highest BCUT2D eigenvalue weighted by Crippen LogP contribution is 2.14. The number of hydrogen-bond acceptors (Lipinski definition) is 3. The Bertz CT molecular complexity index is 310. The first-order valence-corrected chi connectivity index (χ1v) is 11.2. The number of aliphatic hydroxyl groups is 2. The van der Waals surface area contributed by atoms with Gasteiger partial charge in [0.05, 0.1) is 18.8 Å². The van der Waals surface area contributed by atoms with E-state index in [1.807, 2.05) is 0 Å². The molecule has 0 aromatic heterocycles. The number of aliphatic hydroxyl groups excluding tert-OH is 2. The molecule has 1 amide bonds. The lowest BCUT2D eigenvalue weighted by molar-refractivity contribution is -0.121. The van der Waals surface area contributed by atoms with Gasteiger partial charge in [-0.1, -0.05) is 103 Å². The molecule has 0 spiro atoms. The smallest absolute Gasteiger partial charge is 0.217 e. The Balaban J connectivity index is 3.29. The molecular formula is C22H45NO3. The molecule has 3 N–H and O–H groups in total. The van der Waals surface area contributed by atoms with Crippen molar-refractivity contribution in [2.75, 3.05) is 6.61 Å². The predicted molar refractivity (Wildman–Crippen MR) is 110 cm³/mol. The van der Waals surface area contributed by atoms with Crippen molar-refractivity contribution in [2.24, 2.45) is 0 Å². The van der Waals surface area contributed by atoms with Gasteiger partial charge in [0.1, 0.15) is 0 Å². The van der Waals surface area contributed by atoms with Crippen LogP contribution in [-0.4, -0.2) is 34.9 Å². The molecule has 26 heavy (non-hydrogen) atoms. The van der Waals surface area contributed by atoms with Crippen molar-refractivity contribution < 1.29 is 15.0 Å². The fraction of sp³-hybridized carbons (Fsp3) is 0.955.